The van der Waals surface area contributed by atoms with Gasteiger partial charge in [-0.1, -0.05) is 0 Å². The molecule has 1 N–H and O–H groups in total. The Morgan fingerprint density at radius 3 is 2.14 bits per heavy atom. The highest BCUT2D eigenvalue weighted by Gasteiger charge is 2.39. The Kier molecular flexibility index (Phi) is 7.76. The molecule has 1 aliphatic rings. The molecule has 0 saturated carbocycles. The maximum absolute atomic E-state index is 11.8. The Hall–Kier alpha value is -0.690. The van der Waals surface area contributed by atoms with Gasteiger partial charge in [0, 0.05) is 31.0 Å². The molecule has 0 aliphatic carbocycles. The number of esters is 1. The van der Waals surface area contributed by atoms with Crippen molar-refractivity contribution in [3.05, 3.63) is 0 Å². The number of carbonyl (C=O) groups is 1. The van der Waals surface area contributed by atoms with Crippen molar-refractivity contribution in [1.82, 2.24) is 5.32 Å². The molecular formula is C16H31NO5. The quantitative estimate of drug-likeness (QED) is 0.514. The molecule has 22 heavy (non-hydrogen) atoms. The van der Waals surface area contributed by atoms with Crippen molar-refractivity contribution in [2.24, 2.45) is 0 Å². The zero-order chi connectivity index (χ0) is 16.6. The average Bonchev–Trinajstić information content (AvgIpc) is 2.33. The van der Waals surface area contributed by atoms with E-state index >= 15 is 0 Å². The Balaban J connectivity index is 2.19. The van der Waals surface area contributed by atoms with Crippen LogP contribution in [-0.4, -0.2) is 63.3 Å². The van der Waals surface area contributed by atoms with E-state index in [-0.39, 0.29) is 29.8 Å². The van der Waals surface area contributed by atoms with Crippen molar-refractivity contribution < 1.29 is 23.7 Å². The second-order valence-electron chi connectivity index (χ2n) is 7.07. The van der Waals surface area contributed by atoms with Crippen LogP contribution in [-0.2, 0) is 23.7 Å². The van der Waals surface area contributed by atoms with Gasteiger partial charge in [-0.15, -0.1) is 0 Å². The number of nitrogens with one attached hydrogen (secondary N) is 1. The third-order valence-electron chi connectivity index (χ3n) is 3.47. The van der Waals surface area contributed by atoms with E-state index < -0.39 is 0 Å². The summed E-state index contributed by atoms with van der Waals surface area (Å²) < 4.78 is 20.9. The van der Waals surface area contributed by atoms with Crippen LogP contribution in [0.5, 0.6) is 0 Å². The first kappa shape index (κ1) is 19.4. The van der Waals surface area contributed by atoms with E-state index in [1.165, 1.54) is 0 Å². The first-order valence-corrected chi connectivity index (χ1v) is 7.87. The molecular weight excluding hydrogens is 286 g/mol. The lowest BCUT2D eigenvalue weighted by Gasteiger charge is -2.45. The molecule has 0 atom stereocenters. The fraction of sp³-hybridized carbons (Fsp3) is 0.938. The largest absolute Gasteiger partial charge is 0.461 e. The van der Waals surface area contributed by atoms with Crippen LogP contribution < -0.4 is 5.32 Å². The lowest BCUT2D eigenvalue weighted by atomic mass is 9.81. The van der Waals surface area contributed by atoms with Crippen LogP contribution in [0.2, 0.25) is 0 Å². The highest BCUT2D eigenvalue weighted by molar-refractivity contribution is 5.70. The van der Waals surface area contributed by atoms with E-state index in [2.05, 4.69) is 33.0 Å². The standard InChI is InChI=1S/C16H31NO5/c1-15(2)10-13(11-16(3,4)17-15)22-14(18)12-21-9-8-20-7-6-19-5/h13,17H,6-12H2,1-5H3. The molecule has 1 saturated heterocycles. The van der Waals surface area contributed by atoms with Crippen molar-refractivity contribution >= 4 is 5.97 Å². The van der Waals surface area contributed by atoms with Gasteiger partial charge in [0.25, 0.3) is 0 Å². The molecule has 1 fully saturated rings. The SMILES string of the molecule is COCCOCCOCC(=O)OC1CC(C)(C)NC(C)(C)C1. The summed E-state index contributed by atoms with van der Waals surface area (Å²) in [6.07, 6.45) is 1.55. The van der Waals surface area contributed by atoms with Gasteiger partial charge in [-0.3, -0.25) is 0 Å². The summed E-state index contributed by atoms with van der Waals surface area (Å²) in [5.41, 5.74) is -0.0779. The van der Waals surface area contributed by atoms with Crippen LogP contribution in [0.15, 0.2) is 0 Å². The molecule has 6 heteroatoms. The van der Waals surface area contributed by atoms with Gasteiger partial charge >= 0.3 is 5.97 Å². The topological polar surface area (TPSA) is 66.0 Å². The highest BCUT2D eigenvalue weighted by atomic mass is 16.6. The van der Waals surface area contributed by atoms with Crippen molar-refractivity contribution in [1.29, 1.82) is 0 Å². The number of ether oxygens (including phenoxy) is 4. The number of piperidine rings is 1. The number of rotatable bonds is 9. The monoisotopic (exact) mass is 317 g/mol. The van der Waals surface area contributed by atoms with E-state index in [4.69, 9.17) is 18.9 Å². The van der Waals surface area contributed by atoms with Crippen LogP contribution in [0.1, 0.15) is 40.5 Å². The first-order chi connectivity index (χ1) is 10.2. The number of methoxy groups -OCH3 is 1. The van der Waals surface area contributed by atoms with Gasteiger partial charge in [0.1, 0.15) is 12.7 Å². The normalized spacial score (nSPS) is 20.8. The van der Waals surface area contributed by atoms with Crippen LogP contribution in [0.4, 0.5) is 0 Å². The van der Waals surface area contributed by atoms with Crippen LogP contribution in [0.3, 0.4) is 0 Å². The molecule has 1 aliphatic heterocycles. The molecule has 130 valence electrons. The number of hydrogen-bond acceptors (Lipinski definition) is 6. The minimum Gasteiger partial charge on any atom is -0.461 e. The Morgan fingerprint density at radius 1 is 1.00 bits per heavy atom. The molecule has 0 aromatic rings. The average molecular weight is 317 g/mol. The minimum atomic E-state index is -0.310. The summed E-state index contributed by atoms with van der Waals surface area (Å²) in [6, 6.07) is 0. The predicted molar refractivity (Wildman–Crippen MR) is 83.9 cm³/mol. The van der Waals surface area contributed by atoms with E-state index in [1.807, 2.05) is 0 Å². The minimum absolute atomic E-state index is 0.0293. The third kappa shape index (κ3) is 8.08. The molecule has 0 aromatic carbocycles. The maximum Gasteiger partial charge on any atom is 0.332 e. The smallest absolute Gasteiger partial charge is 0.332 e. The molecule has 0 aromatic heterocycles. The highest BCUT2D eigenvalue weighted by Crippen LogP contribution is 2.30. The summed E-state index contributed by atoms with van der Waals surface area (Å²) in [6.45, 7) is 10.4. The summed E-state index contributed by atoms with van der Waals surface area (Å²) in [4.78, 5) is 11.8. The molecule has 0 amide bonds. The maximum atomic E-state index is 11.8. The second kappa shape index (κ2) is 8.82. The molecule has 1 heterocycles. The fourth-order valence-electron chi connectivity index (χ4n) is 3.05. The van der Waals surface area contributed by atoms with E-state index in [0.29, 0.717) is 26.4 Å². The molecule has 0 radical (unpaired) electrons. The van der Waals surface area contributed by atoms with Crippen molar-refractivity contribution in [2.45, 2.75) is 57.7 Å². The van der Waals surface area contributed by atoms with Gasteiger partial charge in [-0.2, -0.15) is 0 Å². The zero-order valence-electron chi connectivity index (χ0n) is 14.6. The van der Waals surface area contributed by atoms with Crippen LogP contribution >= 0.6 is 0 Å². The summed E-state index contributed by atoms with van der Waals surface area (Å²) in [5.74, 6) is -0.310. The Morgan fingerprint density at radius 2 is 1.55 bits per heavy atom. The van der Waals surface area contributed by atoms with Gasteiger partial charge in [0.2, 0.25) is 0 Å². The Bertz CT molecular complexity index is 327. The summed E-state index contributed by atoms with van der Waals surface area (Å²) in [5, 5.41) is 3.56. The van der Waals surface area contributed by atoms with E-state index in [9.17, 15) is 4.79 Å². The van der Waals surface area contributed by atoms with Crippen molar-refractivity contribution in [3.8, 4) is 0 Å². The molecule has 6 nitrogen and oxygen atoms in total. The molecule has 0 unspecified atom stereocenters. The molecule has 0 bridgehead atoms. The van der Waals surface area contributed by atoms with E-state index in [0.717, 1.165) is 12.8 Å². The number of hydrogen-bond donors (Lipinski definition) is 1. The zero-order valence-corrected chi connectivity index (χ0v) is 14.6. The third-order valence-corrected chi connectivity index (χ3v) is 3.47. The lowest BCUT2D eigenvalue weighted by molar-refractivity contribution is -0.159. The second-order valence-corrected chi connectivity index (χ2v) is 7.07. The molecule has 1 rings (SSSR count). The Labute approximate surface area is 133 Å². The van der Waals surface area contributed by atoms with E-state index in [1.54, 1.807) is 7.11 Å². The van der Waals surface area contributed by atoms with Gasteiger partial charge in [-0.25, -0.2) is 4.79 Å². The van der Waals surface area contributed by atoms with Crippen LogP contribution in [0.25, 0.3) is 0 Å². The van der Waals surface area contributed by atoms with Gasteiger partial charge in [-0.05, 0) is 27.7 Å². The van der Waals surface area contributed by atoms with Gasteiger partial charge in [0.15, 0.2) is 0 Å². The molecule has 0 spiro atoms. The van der Waals surface area contributed by atoms with Gasteiger partial charge < -0.3 is 24.3 Å². The van der Waals surface area contributed by atoms with Crippen molar-refractivity contribution in [3.63, 3.8) is 0 Å². The summed E-state index contributed by atoms with van der Waals surface area (Å²) in [7, 11) is 1.62. The lowest BCUT2D eigenvalue weighted by Crippen LogP contribution is -2.59. The predicted octanol–water partition coefficient (Wildman–Crippen LogP) is 1.52. The summed E-state index contributed by atoms with van der Waals surface area (Å²) >= 11 is 0. The van der Waals surface area contributed by atoms with Gasteiger partial charge in [0.05, 0.1) is 26.4 Å². The fourth-order valence-corrected chi connectivity index (χ4v) is 3.05. The first-order valence-electron chi connectivity index (χ1n) is 7.87. The van der Waals surface area contributed by atoms with Crippen LogP contribution in [0, 0.1) is 0 Å². The van der Waals surface area contributed by atoms with Crippen molar-refractivity contribution in [2.75, 3.05) is 40.1 Å². The number of carbonyl (C=O) groups excluding carboxylic acids is 1.